The fourth-order valence-electron chi connectivity index (χ4n) is 0.693. The van der Waals surface area contributed by atoms with Gasteiger partial charge in [-0.15, -0.1) is 0 Å². The van der Waals surface area contributed by atoms with E-state index in [9.17, 15) is 0 Å². The lowest BCUT2D eigenvalue weighted by molar-refractivity contribution is 1.08. The van der Waals surface area contributed by atoms with Crippen molar-refractivity contribution in [3.05, 3.63) is 35.9 Å². The van der Waals surface area contributed by atoms with Gasteiger partial charge >= 0.3 is 0 Å². The van der Waals surface area contributed by atoms with E-state index >= 15 is 0 Å². The Morgan fingerprint density at radius 2 is 2.09 bits per heavy atom. The van der Waals surface area contributed by atoms with Gasteiger partial charge < -0.3 is 0 Å². The van der Waals surface area contributed by atoms with E-state index in [1.807, 2.05) is 24.3 Å². The monoisotopic (exact) mass is 339 g/mol. The Kier molecular flexibility index (Phi) is 3.59. The molecule has 0 aliphatic heterocycles. The van der Waals surface area contributed by atoms with Crippen LogP contribution in [-0.4, -0.2) is 5.33 Å². The first-order valence-corrected chi connectivity index (χ1v) is 5.78. The van der Waals surface area contributed by atoms with Gasteiger partial charge in [0.1, 0.15) is 3.23 Å². The Labute approximate surface area is 91.8 Å². The van der Waals surface area contributed by atoms with Gasteiger partial charge in [-0.1, -0.05) is 72.1 Å². The second-order valence-electron chi connectivity index (χ2n) is 2.11. The van der Waals surface area contributed by atoms with Gasteiger partial charge in [-0.05, 0) is 11.6 Å². The van der Waals surface area contributed by atoms with Crippen LogP contribution in [0.3, 0.4) is 0 Å². The Morgan fingerprint density at radius 3 is 2.55 bits per heavy atom. The highest BCUT2D eigenvalue weighted by Gasteiger charge is 2.22. The quantitative estimate of drug-likeness (QED) is 0.717. The zero-order valence-corrected chi connectivity index (χ0v) is 10.4. The molecule has 3 heteroatoms. The van der Waals surface area contributed by atoms with Crippen LogP contribution in [0.5, 0.6) is 0 Å². The summed E-state index contributed by atoms with van der Waals surface area (Å²) in [7, 11) is 0. The van der Waals surface area contributed by atoms with Gasteiger partial charge in [-0.2, -0.15) is 0 Å². The predicted octanol–water partition coefficient (Wildman–Crippen LogP) is 3.82. The highest BCUT2D eigenvalue weighted by Crippen LogP contribution is 2.39. The molecule has 0 fully saturated rings. The van der Waals surface area contributed by atoms with Gasteiger partial charge in [0.25, 0.3) is 0 Å². The van der Waals surface area contributed by atoms with Crippen molar-refractivity contribution >= 4 is 47.8 Å². The maximum atomic E-state index is 3.53. The highest BCUT2D eigenvalue weighted by molar-refractivity contribution is 9.25. The van der Waals surface area contributed by atoms with Crippen LogP contribution in [0.1, 0.15) is 5.56 Å². The second-order valence-corrected chi connectivity index (χ2v) is 6.45. The Morgan fingerprint density at radius 1 is 1.36 bits per heavy atom. The molecule has 1 aromatic rings. The molecule has 1 radical (unpaired) electrons. The van der Waals surface area contributed by atoms with E-state index in [1.165, 1.54) is 0 Å². The summed E-state index contributed by atoms with van der Waals surface area (Å²) in [5.74, 6) is 0. The van der Waals surface area contributed by atoms with Crippen LogP contribution in [-0.2, 0) is 3.23 Å². The van der Waals surface area contributed by atoms with Gasteiger partial charge in [0.05, 0.1) is 0 Å². The number of halogens is 3. The third kappa shape index (κ3) is 2.56. The first-order chi connectivity index (χ1) is 5.17. The van der Waals surface area contributed by atoms with E-state index in [0.717, 1.165) is 10.9 Å². The molecule has 0 unspecified atom stereocenters. The van der Waals surface area contributed by atoms with Crippen LogP contribution in [0, 0.1) is 6.07 Å². The molecule has 0 saturated heterocycles. The maximum Gasteiger partial charge on any atom is 0.115 e. The third-order valence-corrected chi connectivity index (χ3v) is 5.03. The van der Waals surface area contributed by atoms with E-state index in [4.69, 9.17) is 0 Å². The Bertz CT molecular complexity index is 218. The summed E-state index contributed by atoms with van der Waals surface area (Å²) in [5, 5.41) is 0.806. The number of rotatable bonds is 2. The molecular formula is C8H6Br3. The SMILES string of the molecule is BrCC(Br)(Br)c1[c]cccc1. The van der Waals surface area contributed by atoms with Gasteiger partial charge in [0, 0.05) is 5.33 Å². The third-order valence-electron chi connectivity index (χ3n) is 1.27. The van der Waals surface area contributed by atoms with E-state index in [-0.39, 0.29) is 3.23 Å². The van der Waals surface area contributed by atoms with E-state index in [2.05, 4.69) is 53.9 Å². The summed E-state index contributed by atoms with van der Waals surface area (Å²) in [5.41, 5.74) is 1.09. The van der Waals surface area contributed by atoms with Gasteiger partial charge in [-0.3, -0.25) is 0 Å². The average Bonchev–Trinajstić information content (AvgIpc) is 2.06. The molecule has 1 rings (SSSR count). The first-order valence-electron chi connectivity index (χ1n) is 3.08. The summed E-state index contributed by atoms with van der Waals surface area (Å²) in [6.45, 7) is 0. The minimum atomic E-state index is -0.179. The molecule has 0 aliphatic rings. The minimum absolute atomic E-state index is 0.179. The molecule has 59 valence electrons. The summed E-state index contributed by atoms with van der Waals surface area (Å²) in [6, 6.07) is 11.0. The summed E-state index contributed by atoms with van der Waals surface area (Å²) >= 11 is 10.4. The maximum absolute atomic E-state index is 3.53. The van der Waals surface area contributed by atoms with Crippen molar-refractivity contribution in [3.63, 3.8) is 0 Å². The molecular weight excluding hydrogens is 336 g/mol. The van der Waals surface area contributed by atoms with E-state index < -0.39 is 0 Å². The molecule has 0 nitrogen and oxygen atoms in total. The highest BCUT2D eigenvalue weighted by atomic mass is 79.9. The molecule has 0 amide bonds. The van der Waals surface area contributed by atoms with Crippen LogP contribution < -0.4 is 0 Å². The lowest BCUT2D eigenvalue weighted by atomic mass is 10.2. The van der Waals surface area contributed by atoms with Crippen molar-refractivity contribution < 1.29 is 0 Å². The fourth-order valence-corrected chi connectivity index (χ4v) is 1.49. The molecule has 0 spiro atoms. The van der Waals surface area contributed by atoms with Gasteiger partial charge in [0.2, 0.25) is 0 Å². The number of hydrogen-bond acceptors (Lipinski definition) is 0. The van der Waals surface area contributed by atoms with Crippen molar-refractivity contribution in [1.29, 1.82) is 0 Å². The average molecular weight is 342 g/mol. The molecule has 11 heavy (non-hydrogen) atoms. The van der Waals surface area contributed by atoms with E-state index in [1.54, 1.807) is 0 Å². The molecule has 1 aromatic carbocycles. The molecule has 0 saturated carbocycles. The van der Waals surface area contributed by atoms with Gasteiger partial charge in [-0.25, -0.2) is 0 Å². The fraction of sp³-hybridized carbons (Fsp3) is 0.250. The minimum Gasteiger partial charge on any atom is -0.0900 e. The standard InChI is InChI=1S/C8H6Br3/c9-6-8(10,11)7-4-2-1-3-5-7/h1-4H,6H2. The van der Waals surface area contributed by atoms with Gasteiger partial charge in [0.15, 0.2) is 0 Å². The van der Waals surface area contributed by atoms with Crippen LogP contribution in [0.4, 0.5) is 0 Å². The van der Waals surface area contributed by atoms with Crippen LogP contribution >= 0.6 is 47.8 Å². The summed E-state index contributed by atoms with van der Waals surface area (Å²) in [4.78, 5) is 0. The molecule has 0 bridgehead atoms. The summed E-state index contributed by atoms with van der Waals surface area (Å²) in [6.07, 6.45) is 0. The number of alkyl halides is 3. The van der Waals surface area contributed by atoms with Crippen LogP contribution in [0.15, 0.2) is 24.3 Å². The molecule has 0 atom stereocenters. The van der Waals surface area contributed by atoms with Crippen molar-refractivity contribution in [1.82, 2.24) is 0 Å². The number of hydrogen-bond donors (Lipinski definition) is 0. The lowest BCUT2D eigenvalue weighted by Crippen LogP contribution is -2.09. The van der Waals surface area contributed by atoms with Crippen molar-refractivity contribution in [2.45, 2.75) is 3.23 Å². The lowest BCUT2D eigenvalue weighted by Gasteiger charge is -2.16. The first kappa shape index (κ1) is 9.75. The zero-order valence-electron chi connectivity index (χ0n) is 5.65. The number of benzene rings is 1. The Hall–Kier alpha value is 0.660. The Balaban J connectivity index is 2.93. The predicted molar refractivity (Wildman–Crippen MR) is 58.6 cm³/mol. The van der Waals surface area contributed by atoms with Crippen LogP contribution in [0.2, 0.25) is 0 Å². The molecule has 0 heterocycles. The van der Waals surface area contributed by atoms with Crippen molar-refractivity contribution in [3.8, 4) is 0 Å². The van der Waals surface area contributed by atoms with Crippen LogP contribution in [0.25, 0.3) is 0 Å². The topological polar surface area (TPSA) is 0 Å². The second kappa shape index (κ2) is 4.06. The van der Waals surface area contributed by atoms with E-state index in [0.29, 0.717) is 0 Å². The molecule has 0 aromatic heterocycles. The molecule has 0 aliphatic carbocycles. The largest absolute Gasteiger partial charge is 0.115 e. The van der Waals surface area contributed by atoms with Crippen molar-refractivity contribution in [2.24, 2.45) is 0 Å². The smallest absolute Gasteiger partial charge is 0.0900 e. The zero-order chi connectivity index (χ0) is 8.32. The van der Waals surface area contributed by atoms with Crippen molar-refractivity contribution in [2.75, 3.05) is 5.33 Å². The summed E-state index contributed by atoms with van der Waals surface area (Å²) < 4.78 is -0.179. The normalized spacial score (nSPS) is 11.5. The molecule has 0 N–H and O–H groups in total.